The molecule has 0 aromatic heterocycles. The Morgan fingerprint density at radius 1 is 1.24 bits per heavy atom. The van der Waals surface area contributed by atoms with Crippen LogP contribution in [0.15, 0.2) is 0 Å². The second-order valence-corrected chi connectivity index (χ2v) is 6.12. The molecule has 4 nitrogen and oxygen atoms in total. The molecular formula is C13H22O4. The molecule has 2 aliphatic carbocycles. The molecule has 0 aromatic rings. The van der Waals surface area contributed by atoms with Gasteiger partial charge >= 0.3 is 5.97 Å². The maximum absolute atomic E-state index is 12.2. The van der Waals surface area contributed by atoms with E-state index < -0.39 is 28.5 Å². The second kappa shape index (κ2) is 3.45. The van der Waals surface area contributed by atoms with Crippen molar-refractivity contribution >= 4 is 5.97 Å². The van der Waals surface area contributed by atoms with Crippen LogP contribution in [0.2, 0.25) is 0 Å². The van der Waals surface area contributed by atoms with Crippen LogP contribution in [0.4, 0.5) is 0 Å². The number of carbonyl (C=O) groups is 1. The topological polar surface area (TPSA) is 66.8 Å². The molecule has 0 heterocycles. The summed E-state index contributed by atoms with van der Waals surface area (Å²) in [6.07, 6.45) is -0.532. The molecule has 2 saturated carbocycles. The average molecular weight is 242 g/mol. The Bertz CT molecular complexity index is 351. The second-order valence-electron chi connectivity index (χ2n) is 6.12. The van der Waals surface area contributed by atoms with E-state index in [1.165, 1.54) is 0 Å². The quantitative estimate of drug-likeness (QED) is 0.712. The number of aliphatic hydroxyl groups is 2. The highest BCUT2D eigenvalue weighted by molar-refractivity contribution is 5.81. The third kappa shape index (κ3) is 1.13. The largest absolute Gasteiger partial charge is 0.465 e. The Morgan fingerprint density at radius 3 is 2.24 bits per heavy atom. The van der Waals surface area contributed by atoms with E-state index in [2.05, 4.69) is 0 Å². The number of rotatable bonds is 2. The van der Waals surface area contributed by atoms with Gasteiger partial charge in [-0.2, -0.15) is 0 Å². The summed E-state index contributed by atoms with van der Waals surface area (Å²) >= 11 is 0. The van der Waals surface area contributed by atoms with Crippen molar-refractivity contribution in [3.63, 3.8) is 0 Å². The standard InChI is InChI=1S/C13H22O4/c1-5-17-10(16)13-7-6-12(4,11(13,2)3)8(14)9(13)15/h8-9,14-15H,5-7H2,1-4H3/t8-,9+,12+,13+/m1/s1. The highest BCUT2D eigenvalue weighted by Gasteiger charge is 2.77. The first-order chi connectivity index (χ1) is 7.75. The van der Waals surface area contributed by atoms with Crippen molar-refractivity contribution in [2.75, 3.05) is 6.61 Å². The fourth-order valence-electron chi connectivity index (χ4n) is 3.98. The number of esters is 1. The summed E-state index contributed by atoms with van der Waals surface area (Å²) in [5.74, 6) is -0.363. The number of ether oxygens (including phenoxy) is 1. The molecule has 0 aromatic carbocycles. The van der Waals surface area contributed by atoms with Gasteiger partial charge in [0.2, 0.25) is 0 Å². The van der Waals surface area contributed by atoms with Crippen molar-refractivity contribution in [3.8, 4) is 0 Å². The van der Waals surface area contributed by atoms with Crippen LogP contribution in [-0.2, 0) is 9.53 Å². The van der Waals surface area contributed by atoms with Crippen LogP contribution in [-0.4, -0.2) is 35.0 Å². The van der Waals surface area contributed by atoms with Gasteiger partial charge in [-0.25, -0.2) is 0 Å². The molecule has 2 aliphatic rings. The SMILES string of the molecule is CCOC(=O)[C@]12CC[C@@](C)([C@H](O)[C@@H]1O)C2(C)C. The fourth-order valence-corrected chi connectivity index (χ4v) is 3.98. The van der Waals surface area contributed by atoms with Crippen molar-refractivity contribution in [2.24, 2.45) is 16.2 Å². The first-order valence-corrected chi connectivity index (χ1v) is 6.29. The van der Waals surface area contributed by atoms with Gasteiger partial charge in [0.1, 0.15) is 5.41 Å². The first-order valence-electron chi connectivity index (χ1n) is 6.29. The lowest BCUT2D eigenvalue weighted by atomic mass is 9.64. The number of hydrogen-bond donors (Lipinski definition) is 2. The first kappa shape index (κ1) is 12.8. The van der Waals surface area contributed by atoms with Crippen molar-refractivity contribution < 1.29 is 19.7 Å². The van der Waals surface area contributed by atoms with Gasteiger partial charge in [-0.15, -0.1) is 0 Å². The van der Waals surface area contributed by atoms with Crippen molar-refractivity contribution in [1.82, 2.24) is 0 Å². The number of aliphatic hydroxyl groups excluding tert-OH is 2. The van der Waals surface area contributed by atoms with Crippen molar-refractivity contribution in [2.45, 2.75) is 52.7 Å². The maximum Gasteiger partial charge on any atom is 0.315 e. The minimum Gasteiger partial charge on any atom is -0.465 e. The Balaban J connectivity index is 2.50. The zero-order valence-corrected chi connectivity index (χ0v) is 11.0. The molecule has 0 radical (unpaired) electrons. The van der Waals surface area contributed by atoms with Gasteiger partial charge in [0.15, 0.2) is 0 Å². The number of carbonyl (C=O) groups excluding carboxylic acids is 1. The predicted octanol–water partition coefficient (Wildman–Crippen LogP) is 1.10. The lowest BCUT2D eigenvalue weighted by Gasteiger charge is -2.39. The minimum absolute atomic E-state index is 0.302. The minimum atomic E-state index is -1.02. The molecule has 98 valence electrons. The molecule has 4 heteroatoms. The van der Waals surface area contributed by atoms with Gasteiger partial charge in [0.05, 0.1) is 18.8 Å². The lowest BCUT2D eigenvalue weighted by Crippen LogP contribution is -2.49. The van der Waals surface area contributed by atoms with Gasteiger partial charge in [0, 0.05) is 5.41 Å². The van der Waals surface area contributed by atoms with Crippen LogP contribution in [0.1, 0.15) is 40.5 Å². The van der Waals surface area contributed by atoms with E-state index in [-0.39, 0.29) is 5.97 Å². The molecule has 0 amide bonds. The monoisotopic (exact) mass is 242 g/mol. The highest BCUT2D eigenvalue weighted by Crippen LogP contribution is 2.72. The molecule has 0 saturated heterocycles. The number of hydrogen-bond acceptors (Lipinski definition) is 4. The Hall–Kier alpha value is -0.610. The molecule has 2 bridgehead atoms. The van der Waals surface area contributed by atoms with E-state index in [4.69, 9.17) is 4.74 Å². The predicted molar refractivity (Wildman–Crippen MR) is 62.2 cm³/mol. The molecular weight excluding hydrogens is 220 g/mol. The van der Waals surface area contributed by atoms with E-state index in [9.17, 15) is 15.0 Å². The zero-order chi connectivity index (χ0) is 13.1. The Kier molecular flexibility index (Phi) is 2.61. The molecule has 17 heavy (non-hydrogen) atoms. The third-order valence-electron chi connectivity index (χ3n) is 5.68. The van der Waals surface area contributed by atoms with E-state index in [0.29, 0.717) is 13.0 Å². The normalized spacial score (nSPS) is 47.2. The average Bonchev–Trinajstić information content (AvgIpc) is 2.52. The Morgan fingerprint density at radius 2 is 1.82 bits per heavy atom. The third-order valence-corrected chi connectivity index (χ3v) is 5.68. The number of fused-ring (bicyclic) bond motifs is 2. The van der Waals surface area contributed by atoms with E-state index in [1.54, 1.807) is 6.92 Å². The summed E-state index contributed by atoms with van der Waals surface area (Å²) in [7, 11) is 0. The summed E-state index contributed by atoms with van der Waals surface area (Å²) in [5.41, 5.74) is -1.82. The van der Waals surface area contributed by atoms with Crippen LogP contribution < -0.4 is 0 Å². The fraction of sp³-hybridized carbons (Fsp3) is 0.923. The van der Waals surface area contributed by atoms with Gasteiger partial charge in [-0.3, -0.25) is 4.79 Å². The van der Waals surface area contributed by atoms with Crippen LogP contribution in [0.5, 0.6) is 0 Å². The maximum atomic E-state index is 12.2. The zero-order valence-electron chi connectivity index (χ0n) is 11.0. The molecule has 0 spiro atoms. The molecule has 2 N–H and O–H groups in total. The summed E-state index contributed by atoms with van der Waals surface area (Å²) in [5, 5.41) is 20.5. The highest BCUT2D eigenvalue weighted by atomic mass is 16.5. The smallest absolute Gasteiger partial charge is 0.315 e. The molecule has 0 unspecified atom stereocenters. The summed E-state index contributed by atoms with van der Waals surface area (Å²) < 4.78 is 5.14. The summed E-state index contributed by atoms with van der Waals surface area (Å²) in [4.78, 5) is 12.2. The van der Waals surface area contributed by atoms with E-state index >= 15 is 0 Å². The van der Waals surface area contributed by atoms with Crippen LogP contribution in [0.25, 0.3) is 0 Å². The van der Waals surface area contributed by atoms with E-state index in [0.717, 1.165) is 6.42 Å². The van der Waals surface area contributed by atoms with Crippen molar-refractivity contribution in [1.29, 1.82) is 0 Å². The molecule has 2 rings (SSSR count). The van der Waals surface area contributed by atoms with Gasteiger partial charge in [0.25, 0.3) is 0 Å². The molecule has 2 fully saturated rings. The summed E-state index contributed by atoms with van der Waals surface area (Å²) in [6, 6.07) is 0. The van der Waals surface area contributed by atoms with Crippen LogP contribution in [0, 0.1) is 16.2 Å². The molecule has 0 aliphatic heterocycles. The van der Waals surface area contributed by atoms with Crippen LogP contribution in [0.3, 0.4) is 0 Å². The van der Waals surface area contributed by atoms with Gasteiger partial charge in [-0.05, 0) is 25.2 Å². The van der Waals surface area contributed by atoms with Crippen LogP contribution >= 0.6 is 0 Å². The van der Waals surface area contributed by atoms with Gasteiger partial charge in [-0.1, -0.05) is 20.8 Å². The lowest BCUT2D eigenvalue weighted by molar-refractivity contribution is -0.171. The molecule has 4 atom stereocenters. The van der Waals surface area contributed by atoms with E-state index in [1.807, 2.05) is 20.8 Å². The van der Waals surface area contributed by atoms with Gasteiger partial charge < -0.3 is 14.9 Å². The Labute approximate surface area is 102 Å². The van der Waals surface area contributed by atoms with Crippen molar-refractivity contribution in [3.05, 3.63) is 0 Å². The summed E-state index contributed by atoms with van der Waals surface area (Å²) in [6.45, 7) is 7.92.